The minimum absolute atomic E-state index is 0.0904. The van der Waals surface area contributed by atoms with Gasteiger partial charge >= 0.3 is 5.97 Å². The van der Waals surface area contributed by atoms with Crippen molar-refractivity contribution >= 4 is 16.0 Å². The molecule has 0 spiro atoms. The van der Waals surface area contributed by atoms with Gasteiger partial charge in [0.25, 0.3) is 0 Å². The molecule has 0 bridgehead atoms. The number of aryl methyl sites for hydroxylation is 2. The second kappa shape index (κ2) is 11.3. The van der Waals surface area contributed by atoms with E-state index in [4.69, 9.17) is 4.74 Å². The molecule has 0 saturated heterocycles. The maximum Gasteiger partial charge on any atom is 0.338 e. The van der Waals surface area contributed by atoms with Gasteiger partial charge in [0.15, 0.2) is 0 Å². The van der Waals surface area contributed by atoms with E-state index in [9.17, 15) is 13.2 Å². The van der Waals surface area contributed by atoms with Crippen molar-refractivity contribution in [3.05, 3.63) is 94.1 Å². The number of aromatic nitrogens is 2. The summed E-state index contributed by atoms with van der Waals surface area (Å²) in [5.74, 6) is -0.473. The molecule has 2 heterocycles. The van der Waals surface area contributed by atoms with Crippen molar-refractivity contribution in [2.24, 2.45) is 0 Å². The summed E-state index contributed by atoms with van der Waals surface area (Å²) in [5, 5.41) is 0. The van der Waals surface area contributed by atoms with Crippen LogP contribution in [0.2, 0.25) is 0 Å². The van der Waals surface area contributed by atoms with Crippen LogP contribution in [0.3, 0.4) is 0 Å². The summed E-state index contributed by atoms with van der Waals surface area (Å²) in [6.45, 7) is 5.73. The molecule has 0 unspecified atom stereocenters. The zero-order valence-corrected chi connectivity index (χ0v) is 20.7. The predicted octanol–water partition coefficient (Wildman–Crippen LogP) is 3.13. The Morgan fingerprint density at radius 2 is 1.56 bits per heavy atom. The number of sulfonamides is 1. The van der Waals surface area contributed by atoms with Gasteiger partial charge in [-0.3, -0.25) is 14.9 Å². The SMILES string of the molecule is COC(=O)c1cc(CNS(C)(=O)=O)ccc1CN(Cc1ncccc1C)Cc1ncccc1C. The van der Waals surface area contributed by atoms with Crippen LogP contribution in [0.4, 0.5) is 0 Å². The number of nitrogens with zero attached hydrogens (tertiary/aromatic N) is 3. The van der Waals surface area contributed by atoms with Crippen molar-refractivity contribution in [1.82, 2.24) is 19.6 Å². The summed E-state index contributed by atoms with van der Waals surface area (Å²) in [5.41, 5.74) is 5.91. The number of methoxy groups -OCH3 is 1. The number of esters is 1. The fraction of sp³-hybridized carbons (Fsp3) is 0.320. The number of benzene rings is 1. The number of carbonyl (C=O) groups is 1. The first kappa shape index (κ1) is 25.5. The third-order valence-electron chi connectivity index (χ3n) is 5.49. The zero-order valence-electron chi connectivity index (χ0n) is 19.9. The van der Waals surface area contributed by atoms with Gasteiger partial charge in [-0.2, -0.15) is 0 Å². The van der Waals surface area contributed by atoms with Gasteiger partial charge in [-0.05, 0) is 54.3 Å². The van der Waals surface area contributed by atoms with Crippen LogP contribution < -0.4 is 4.72 Å². The van der Waals surface area contributed by atoms with E-state index in [1.54, 1.807) is 18.5 Å². The molecule has 8 nitrogen and oxygen atoms in total. The predicted molar refractivity (Wildman–Crippen MR) is 130 cm³/mol. The van der Waals surface area contributed by atoms with Crippen molar-refractivity contribution in [2.75, 3.05) is 13.4 Å². The molecule has 180 valence electrons. The number of rotatable bonds is 10. The largest absolute Gasteiger partial charge is 0.465 e. The first-order chi connectivity index (χ1) is 16.2. The molecule has 0 aliphatic rings. The smallest absolute Gasteiger partial charge is 0.338 e. The summed E-state index contributed by atoms with van der Waals surface area (Å²) in [6.07, 6.45) is 4.64. The van der Waals surface area contributed by atoms with Crippen molar-refractivity contribution in [1.29, 1.82) is 0 Å². The van der Waals surface area contributed by atoms with E-state index in [1.807, 2.05) is 50.2 Å². The van der Waals surface area contributed by atoms with Crippen LogP contribution in [0.15, 0.2) is 54.9 Å². The molecule has 1 aromatic carbocycles. The average molecular weight is 483 g/mol. The van der Waals surface area contributed by atoms with Gasteiger partial charge in [0.2, 0.25) is 10.0 Å². The van der Waals surface area contributed by atoms with E-state index in [0.29, 0.717) is 30.8 Å². The van der Waals surface area contributed by atoms with E-state index in [-0.39, 0.29) is 6.54 Å². The van der Waals surface area contributed by atoms with Crippen LogP contribution in [0.5, 0.6) is 0 Å². The highest BCUT2D eigenvalue weighted by molar-refractivity contribution is 7.88. The standard InChI is InChI=1S/C25H30N4O4S/c1-18-7-5-11-26-23(18)16-29(17-24-19(2)8-6-12-27-24)15-21-10-9-20(14-28-34(4,31)32)13-22(21)25(30)33-3/h5-13,28H,14-17H2,1-4H3. The van der Waals surface area contributed by atoms with Gasteiger partial charge in [0.1, 0.15) is 0 Å². The Labute approximate surface area is 201 Å². The quantitative estimate of drug-likeness (QED) is 0.443. The highest BCUT2D eigenvalue weighted by Crippen LogP contribution is 2.20. The lowest BCUT2D eigenvalue weighted by atomic mass is 10.0. The second-order valence-corrected chi connectivity index (χ2v) is 10.1. The van der Waals surface area contributed by atoms with Gasteiger partial charge < -0.3 is 4.74 Å². The Morgan fingerprint density at radius 3 is 2.06 bits per heavy atom. The van der Waals surface area contributed by atoms with Gasteiger partial charge in [0, 0.05) is 38.6 Å². The second-order valence-electron chi connectivity index (χ2n) is 8.26. The molecule has 9 heteroatoms. The number of pyridine rings is 2. The number of nitrogens with one attached hydrogen (secondary N) is 1. The summed E-state index contributed by atoms with van der Waals surface area (Å²) in [4.78, 5) is 23.9. The van der Waals surface area contributed by atoms with Gasteiger partial charge in [0.05, 0.1) is 30.3 Å². The summed E-state index contributed by atoms with van der Waals surface area (Å²) in [6, 6.07) is 13.2. The van der Waals surface area contributed by atoms with Crippen molar-refractivity contribution < 1.29 is 17.9 Å². The molecule has 1 N–H and O–H groups in total. The molecular formula is C25H30N4O4S. The lowest BCUT2D eigenvalue weighted by molar-refractivity contribution is 0.0598. The molecule has 0 aliphatic heterocycles. The third-order valence-corrected chi connectivity index (χ3v) is 6.16. The number of ether oxygens (including phenoxy) is 1. The maximum atomic E-state index is 12.6. The van der Waals surface area contributed by atoms with Gasteiger partial charge in [-0.1, -0.05) is 24.3 Å². The monoisotopic (exact) mass is 482 g/mol. The zero-order chi connectivity index (χ0) is 24.7. The summed E-state index contributed by atoms with van der Waals surface area (Å²) >= 11 is 0. The Kier molecular flexibility index (Phi) is 8.49. The van der Waals surface area contributed by atoms with E-state index in [2.05, 4.69) is 19.6 Å². The number of hydrogen-bond acceptors (Lipinski definition) is 7. The van der Waals surface area contributed by atoms with Crippen LogP contribution >= 0.6 is 0 Å². The Hall–Kier alpha value is -3.14. The highest BCUT2D eigenvalue weighted by atomic mass is 32.2. The Morgan fingerprint density at radius 1 is 0.971 bits per heavy atom. The van der Waals surface area contributed by atoms with E-state index < -0.39 is 16.0 Å². The molecule has 0 fully saturated rings. The topological polar surface area (TPSA) is 101 Å². The molecule has 0 amide bonds. The van der Waals surface area contributed by atoms with E-state index in [0.717, 1.165) is 34.3 Å². The maximum absolute atomic E-state index is 12.6. The first-order valence-corrected chi connectivity index (χ1v) is 12.7. The van der Waals surface area contributed by atoms with E-state index in [1.165, 1.54) is 7.11 Å². The van der Waals surface area contributed by atoms with Crippen LogP contribution in [-0.2, 0) is 40.9 Å². The van der Waals surface area contributed by atoms with Crippen LogP contribution in [-0.4, -0.2) is 42.6 Å². The molecule has 2 aromatic heterocycles. The van der Waals surface area contributed by atoms with Crippen LogP contribution in [0.25, 0.3) is 0 Å². The normalized spacial score (nSPS) is 11.6. The molecule has 0 atom stereocenters. The first-order valence-electron chi connectivity index (χ1n) is 10.8. The molecule has 3 aromatic rings. The molecule has 34 heavy (non-hydrogen) atoms. The van der Waals surface area contributed by atoms with Crippen molar-refractivity contribution in [3.63, 3.8) is 0 Å². The van der Waals surface area contributed by atoms with Crippen LogP contribution in [0, 0.1) is 13.8 Å². The third kappa shape index (κ3) is 7.18. The summed E-state index contributed by atoms with van der Waals surface area (Å²) in [7, 11) is -2.02. The summed E-state index contributed by atoms with van der Waals surface area (Å²) < 4.78 is 30.4. The Bertz CT molecular complexity index is 1210. The molecule has 3 rings (SSSR count). The molecule has 0 aliphatic carbocycles. The fourth-order valence-corrected chi connectivity index (χ4v) is 4.01. The molecular weight excluding hydrogens is 452 g/mol. The number of carbonyl (C=O) groups excluding carboxylic acids is 1. The molecule has 0 saturated carbocycles. The van der Waals surface area contributed by atoms with Crippen molar-refractivity contribution in [2.45, 2.75) is 40.0 Å². The lowest BCUT2D eigenvalue weighted by Gasteiger charge is -2.24. The highest BCUT2D eigenvalue weighted by Gasteiger charge is 2.18. The fourth-order valence-electron chi connectivity index (χ4n) is 3.59. The minimum Gasteiger partial charge on any atom is -0.465 e. The average Bonchev–Trinajstić information content (AvgIpc) is 2.80. The van der Waals surface area contributed by atoms with Gasteiger partial charge in [-0.25, -0.2) is 17.9 Å². The van der Waals surface area contributed by atoms with Crippen LogP contribution in [0.1, 0.15) is 44.0 Å². The minimum atomic E-state index is -3.36. The Balaban J connectivity index is 1.94. The lowest BCUT2D eigenvalue weighted by Crippen LogP contribution is -2.26. The number of hydrogen-bond donors (Lipinski definition) is 1. The van der Waals surface area contributed by atoms with Crippen molar-refractivity contribution in [3.8, 4) is 0 Å². The van der Waals surface area contributed by atoms with E-state index >= 15 is 0 Å². The molecule has 0 radical (unpaired) electrons. The van der Waals surface area contributed by atoms with Gasteiger partial charge in [-0.15, -0.1) is 0 Å².